The first-order valence-electron chi connectivity index (χ1n) is 6.09. The molecule has 1 heterocycles. The van der Waals surface area contributed by atoms with E-state index < -0.39 is 5.97 Å². The van der Waals surface area contributed by atoms with Crippen LogP contribution in [0.15, 0.2) is 42.5 Å². The van der Waals surface area contributed by atoms with E-state index in [2.05, 4.69) is 4.98 Å². The van der Waals surface area contributed by atoms with Crippen molar-refractivity contribution in [1.29, 1.82) is 0 Å². The first-order valence-corrected chi connectivity index (χ1v) is 6.09. The Labute approximate surface area is 116 Å². The molecule has 2 aromatic rings. The number of nitrogens with zero attached hydrogens (tertiary/aromatic N) is 1. The van der Waals surface area contributed by atoms with Gasteiger partial charge >= 0.3 is 5.97 Å². The van der Waals surface area contributed by atoms with E-state index in [0.29, 0.717) is 18.1 Å². The van der Waals surface area contributed by atoms with Crippen molar-refractivity contribution >= 4 is 5.97 Å². The van der Waals surface area contributed by atoms with Crippen molar-refractivity contribution in [1.82, 2.24) is 4.98 Å². The number of hydrogen-bond acceptors (Lipinski definition) is 4. The molecule has 0 amide bonds. The molecule has 0 saturated heterocycles. The molecule has 0 aliphatic carbocycles. The van der Waals surface area contributed by atoms with Crippen molar-refractivity contribution in [3.8, 4) is 5.75 Å². The van der Waals surface area contributed by atoms with E-state index in [-0.39, 0.29) is 12.3 Å². The SMILES string of the molecule is COCc1cccc(OCc2cccc(C(=O)O)n2)c1. The monoisotopic (exact) mass is 273 g/mol. The molecule has 0 unspecified atom stereocenters. The van der Waals surface area contributed by atoms with Crippen molar-refractivity contribution in [3.63, 3.8) is 0 Å². The van der Waals surface area contributed by atoms with E-state index >= 15 is 0 Å². The Bertz CT molecular complexity index is 598. The standard InChI is InChI=1S/C15H15NO4/c1-19-9-11-4-2-6-13(8-11)20-10-12-5-3-7-14(16-12)15(17)18/h2-8H,9-10H2,1H3,(H,17,18). The second-order valence-corrected chi connectivity index (χ2v) is 4.19. The average molecular weight is 273 g/mol. The molecule has 0 saturated carbocycles. The minimum absolute atomic E-state index is 0.0132. The highest BCUT2D eigenvalue weighted by molar-refractivity contribution is 5.85. The summed E-state index contributed by atoms with van der Waals surface area (Å²) in [4.78, 5) is 14.8. The molecule has 0 atom stereocenters. The third-order valence-electron chi connectivity index (χ3n) is 2.62. The summed E-state index contributed by atoms with van der Waals surface area (Å²) in [6.07, 6.45) is 0. The molecule has 104 valence electrons. The number of hydrogen-bond donors (Lipinski definition) is 1. The summed E-state index contributed by atoms with van der Waals surface area (Å²) in [5, 5.41) is 8.87. The predicted octanol–water partition coefficient (Wildman–Crippen LogP) is 2.51. The fourth-order valence-electron chi connectivity index (χ4n) is 1.73. The maximum Gasteiger partial charge on any atom is 0.354 e. The Morgan fingerprint density at radius 2 is 2.00 bits per heavy atom. The van der Waals surface area contributed by atoms with Crippen LogP contribution in [0.2, 0.25) is 0 Å². The van der Waals surface area contributed by atoms with Crippen LogP contribution < -0.4 is 4.74 Å². The topological polar surface area (TPSA) is 68.7 Å². The summed E-state index contributed by atoms with van der Waals surface area (Å²) in [6, 6.07) is 12.4. The molecule has 1 N–H and O–H groups in total. The lowest BCUT2D eigenvalue weighted by molar-refractivity contribution is 0.0690. The number of carboxylic acids is 1. The Morgan fingerprint density at radius 1 is 1.20 bits per heavy atom. The molecule has 1 aromatic heterocycles. The highest BCUT2D eigenvalue weighted by atomic mass is 16.5. The smallest absolute Gasteiger partial charge is 0.354 e. The zero-order valence-electron chi connectivity index (χ0n) is 11.1. The summed E-state index contributed by atoms with van der Waals surface area (Å²) in [7, 11) is 1.63. The summed E-state index contributed by atoms with van der Waals surface area (Å²) >= 11 is 0. The molecule has 5 heteroatoms. The number of rotatable bonds is 6. The van der Waals surface area contributed by atoms with Gasteiger partial charge in [0.25, 0.3) is 0 Å². The van der Waals surface area contributed by atoms with Gasteiger partial charge < -0.3 is 14.6 Å². The van der Waals surface area contributed by atoms with E-state index in [4.69, 9.17) is 14.6 Å². The molecule has 5 nitrogen and oxygen atoms in total. The highest BCUT2D eigenvalue weighted by Crippen LogP contribution is 2.15. The first kappa shape index (κ1) is 14.0. The number of ether oxygens (including phenoxy) is 2. The lowest BCUT2D eigenvalue weighted by atomic mass is 10.2. The van der Waals surface area contributed by atoms with Crippen LogP contribution in [-0.2, 0) is 18.0 Å². The van der Waals surface area contributed by atoms with Crippen LogP contribution in [0.1, 0.15) is 21.7 Å². The van der Waals surface area contributed by atoms with Gasteiger partial charge in [-0.2, -0.15) is 0 Å². The molecule has 0 aliphatic rings. The van der Waals surface area contributed by atoms with Gasteiger partial charge in [-0.05, 0) is 29.8 Å². The number of pyridine rings is 1. The highest BCUT2D eigenvalue weighted by Gasteiger charge is 2.05. The van der Waals surface area contributed by atoms with Gasteiger partial charge in [-0.15, -0.1) is 0 Å². The van der Waals surface area contributed by atoms with E-state index in [1.54, 1.807) is 19.2 Å². The zero-order valence-corrected chi connectivity index (χ0v) is 11.1. The summed E-state index contributed by atoms with van der Waals surface area (Å²) < 4.78 is 10.7. The van der Waals surface area contributed by atoms with E-state index in [0.717, 1.165) is 5.56 Å². The van der Waals surface area contributed by atoms with Gasteiger partial charge in [0.05, 0.1) is 12.3 Å². The lowest BCUT2D eigenvalue weighted by Gasteiger charge is -2.08. The largest absolute Gasteiger partial charge is 0.487 e. The number of carboxylic acid groups (broad SMARTS) is 1. The van der Waals surface area contributed by atoms with E-state index in [1.807, 2.05) is 24.3 Å². The van der Waals surface area contributed by atoms with Crippen LogP contribution >= 0.6 is 0 Å². The minimum atomic E-state index is -1.05. The third-order valence-corrected chi connectivity index (χ3v) is 2.62. The molecule has 20 heavy (non-hydrogen) atoms. The predicted molar refractivity (Wildman–Crippen MR) is 72.7 cm³/mol. The van der Waals surface area contributed by atoms with Gasteiger partial charge in [-0.3, -0.25) is 0 Å². The second kappa shape index (κ2) is 6.68. The quantitative estimate of drug-likeness (QED) is 0.875. The van der Waals surface area contributed by atoms with Crippen LogP contribution in [0, 0.1) is 0 Å². The number of methoxy groups -OCH3 is 1. The Hall–Kier alpha value is -2.40. The van der Waals surface area contributed by atoms with Gasteiger partial charge in [-0.1, -0.05) is 18.2 Å². The fraction of sp³-hybridized carbons (Fsp3) is 0.200. The summed E-state index contributed by atoms with van der Waals surface area (Å²) in [5.74, 6) is -0.351. The van der Waals surface area contributed by atoms with Crippen molar-refractivity contribution in [2.45, 2.75) is 13.2 Å². The van der Waals surface area contributed by atoms with Gasteiger partial charge in [-0.25, -0.2) is 9.78 Å². The maximum atomic E-state index is 10.8. The van der Waals surface area contributed by atoms with Crippen LogP contribution in [0.4, 0.5) is 0 Å². The number of aromatic carboxylic acids is 1. The minimum Gasteiger partial charge on any atom is -0.487 e. The molecular weight excluding hydrogens is 258 g/mol. The van der Waals surface area contributed by atoms with Crippen molar-refractivity contribution in [2.75, 3.05) is 7.11 Å². The Balaban J connectivity index is 2.03. The summed E-state index contributed by atoms with van der Waals surface area (Å²) in [6.45, 7) is 0.738. The van der Waals surface area contributed by atoms with Crippen molar-refractivity contribution in [3.05, 3.63) is 59.4 Å². The molecule has 0 bridgehead atoms. The van der Waals surface area contributed by atoms with Gasteiger partial charge in [0, 0.05) is 7.11 Å². The molecule has 1 aromatic carbocycles. The van der Waals surface area contributed by atoms with E-state index in [9.17, 15) is 4.79 Å². The van der Waals surface area contributed by atoms with Crippen LogP contribution in [0.5, 0.6) is 5.75 Å². The first-order chi connectivity index (χ1) is 9.69. The van der Waals surface area contributed by atoms with Gasteiger partial charge in [0.2, 0.25) is 0 Å². The molecular formula is C15H15NO4. The number of aromatic nitrogens is 1. The number of carbonyl (C=O) groups is 1. The third kappa shape index (κ3) is 3.80. The Morgan fingerprint density at radius 3 is 2.75 bits per heavy atom. The molecule has 0 radical (unpaired) electrons. The summed E-state index contributed by atoms with van der Waals surface area (Å²) in [5.41, 5.74) is 1.60. The van der Waals surface area contributed by atoms with Gasteiger partial charge in [0.1, 0.15) is 18.1 Å². The molecule has 0 aliphatic heterocycles. The number of benzene rings is 1. The normalized spacial score (nSPS) is 10.2. The fourth-order valence-corrected chi connectivity index (χ4v) is 1.73. The van der Waals surface area contributed by atoms with Crippen LogP contribution in [-0.4, -0.2) is 23.2 Å². The lowest BCUT2D eigenvalue weighted by Crippen LogP contribution is -2.05. The van der Waals surface area contributed by atoms with Gasteiger partial charge in [0.15, 0.2) is 0 Å². The average Bonchev–Trinajstić information content (AvgIpc) is 2.46. The van der Waals surface area contributed by atoms with Crippen LogP contribution in [0.25, 0.3) is 0 Å². The Kier molecular flexibility index (Phi) is 4.68. The zero-order chi connectivity index (χ0) is 14.4. The second-order valence-electron chi connectivity index (χ2n) is 4.19. The van der Waals surface area contributed by atoms with Crippen LogP contribution in [0.3, 0.4) is 0 Å². The molecule has 0 fully saturated rings. The van der Waals surface area contributed by atoms with E-state index in [1.165, 1.54) is 6.07 Å². The maximum absolute atomic E-state index is 10.8. The molecule has 0 spiro atoms. The molecule has 2 rings (SSSR count). The van der Waals surface area contributed by atoms with Crippen molar-refractivity contribution in [2.24, 2.45) is 0 Å². The van der Waals surface area contributed by atoms with Crippen molar-refractivity contribution < 1.29 is 19.4 Å².